The fourth-order valence-electron chi connectivity index (χ4n) is 3.13. The summed E-state index contributed by atoms with van der Waals surface area (Å²) in [5.74, 6) is 0.356. The zero-order valence-electron chi connectivity index (χ0n) is 16.1. The third-order valence-electron chi connectivity index (χ3n) is 4.64. The molecule has 0 amide bonds. The fraction of sp³-hybridized carbons (Fsp3) is 0.250. The molecule has 4 rings (SSSR count). The van der Waals surface area contributed by atoms with E-state index in [-0.39, 0.29) is 17.2 Å². The Balaban J connectivity index is 1.65. The molecule has 1 N–H and O–H groups in total. The number of rotatable bonds is 4. The Morgan fingerprint density at radius 3 is 2.79 bits per heavy atom. The SMILES string of the molecule is COc1nc(C2=NOC(C)C(c3ccc(Cl)c(F)c3)N2)ccc1-n1cnc(C)c1. The van der Waals surface area contributed by atoms with Gasteiger partial charge < -0.3 is 19.5 Å². The predicted octanol–water partition coefficient (Wildman–Crippen LogP) is 3.79. The van der Waals surface area contributed by atoms with Crippen LogP contribution < -0.4 is 10.1 Å². The molecule has 0 bridgehead atoms. The van der Waals surface area contributed by atoms with Gasteiger partial charge in [0.1, 0.15) is 23.3 Å². The van der Waals surface area contributed by atoms with E-state index in [9.17, 15) is 4.39 Å². The van der Waals surface area contributed by atoms with Gasteiger partial charge in [-0.25, -0.2) is 14.4 Å². The molecular formula is C20H19ClFN5O2. The first kappa shape index (κ1) is 19.2. The quantitative estimate of drug-likeness (QED) is 0.701. The van der Waals surface area contributed by atoms with Crippen molar-refractivity contribution in [1.29, 1.82) is 0 Å². The summed E-state index contributed by atoms with van der Waals surface area (Å²) < 4.78 is 21.2. The number of oxime groups is 1. The van der Waals surface area contributed by atoms with Gasteiger partial charge in [0.15, 0.2) is 5.84 Å². The highest BCUT2D eigenvalue weighted by molar-refractivity contribution is 6.30. The van der Waals surface area contributed by atoms with Crippen LogP contribution >= 0.6 is 11.6 Å². The normalized spacial score (nSPS) is 18.6. The van der Waals surface area contributed by atoms with Crippen molar-refractivity contribution < 1.29 is 14.0 Å². The first-order chi connectivity index (χ1) is 14.0. The second kappa shape index (κ2) is 7.71. The molecular weight excluding hydrogens is 397 g/mol. The minimum atomic E-state index is -0.484. The van der Waals surface area contributed by atoms with E-state index in [0.717, 1.165) is 11.4 Å². The van der Waals surface area contributed by atoms with Crippen molar-refractivity contribution in [1.82, 2.24) is 19.9 Å². The molecule has 2 aromatic heterocycles. The predicted molar refractivity (Wildman–Crippen MR) is 107 cm³/mol. The highest BCUT2D eigenvalue weighted by atomic mass is 35.5. The zero-order chi connectivity index (χ0) is 20.5. The number of hydrogen-bond acceptors (Lipinski definition) is 6. The average molecular weight is 416 g/mol. The van der Waals surface area contributed by atoms with Crippen molar-refractivity contribution in [3.05, 3.63) is 70.6 Å². The van der Waals surface area contributed by atoms with E-state index in [0.29, 0.717) is 23.0 Å². The summed E-state index contributed by atoms with van der Waals surface area (Å²) in [6.45, 7) is 3.76. The number of methoxy groups -OCH3 is 1. The number of nitrogens with zero attached hydrogens (tertiary/aromatic N) is 4. The third kappa shape index (κ3) is 3.75. The number of aryl methyl sites for hydroxylation is 1. The molecule has 7 nitrogen and oxygen atoms in total. The maximum Gasteiger partial charge on any atom is 0.238 e. The molecule has 2 atom stereocenters. The van der Waals surface area contributed by atoms with E-state index in [1.54, 1.807) is 25.6 Å². The molecule has 0 saturated carbocycles. The fourth-order valence-corrected chi connectivity index (χ4v) is 3.25. The van der Waals surface area contributed by atoms with Crippen molar-refractivity contribution in [3.8, 4) is 11.6 Å². The van der Waals surface area contributed by atoms with Crippen LogP contribution in [0.4, 0.5) is 4.39 Å². The lowest BCUT2D eigenvalue weighted by Gasteiger charge is -2.29. The van der Waals surface area contributed by atoms with Crippen molar-refractivity contribution >= 4 is 17.4 Å². The van der Waals surface area contributed by atoms with Gasteiger partial charge in [0.05, 0.1) is 30.2 Å². The van der Waals surface area contributed by atoms with Crippen molar-refractivity contribution in [2.45, 2.75) is 26.0 Å². The van der Waals surface area contributed by atoms with E-state index in [4.69, 9.17) is 21.2 Å². The van der Waals surface area contributed by atoms with Crippen LogP contribution in [0.5, 0.6) is 5.88 Å². The topological polar surface area (TPSA) is 73.6 Å². The van der Waals surface area contributed by atoms with E-state index < -0.39 is 5.82 Å². The Morgan fingerprint density at radius 2 is 2.10 bits per heavy atom. The molecule has 2 unspecified atom stereocenters. The number of ether oxygens (including phenoxy) is 1. The lowest BCUT2D eigenvalue weighted by Crippen LogP contribution is -2.41. The molecule has 150 valence electrons. The second-order valence-corrected chi connectivity index (χ2v) is 7.10. The summed E-state index contributed by atoms with van der Waals surface area (Å²) in [5, 5.41) is 7.47. The molecule has 1 aromatic carbocycles. The largest absolute Gasteiger partial charge is 0.479 e. The van der Waals surface area contributed by atoms with Crippen LogP contribution in [0.1, 0.15) is 29.9 Å². The molecule has 9 heteroatoms. The average Bonchev–Trinajstić information content (AvgIpc) is 3.16. The van der Waals surface area contributed by atoms with E-state index in [1.807, 2.05) is 30.7 Å². The number of halogens is 2. The second-order valence-electron chi connectivity index (χ2n) is 6.69. The number of pyridine rings is 1. The van der Waals surface area contributed by atoms with Gasteiger partial charge in [-0.05, 0) is 43.7 Å². The summed E-state index contributed by atoms with van der Waals surface area (Å²) in [7, 11) is 1.55. The molecule has 0 radical (unpaired) electrons. The van der Waals surface area contributed by atoms with E-state index >= 15 is 0 Å². The number of benzene rings is 1. The molecule has 0 fully saturated rings. The minimum Gasteiger partial charge on any atom is -0.479 e. The Morgan fingerprint density at radius 1 is 1.28 bits per heavy atom. The van der Waals surface area contributed by atoms with Gasteiger partial charge in [-0.15, -0.1) is 0 Å². The molecule has 3 aromatic rings. The van der Waals surface area contributed by atoms with Gasteiger partial charge in [0, 0.05) is 6.20 Å². The molecule has 29 heavy (non-hydrogen) atoms. The van der Waals surface area contributed by atoms with Gasteiger partial charge in [0.2, 0.25) is 5.88 Å². The summed E-state index contributed by atoms with van der Waals surface area (Å²) in [4.78, 5) is 14.3. The van der Waals surface area contributed by atoms with Crippen LogP contribution in [-0.4, -0.2) is 33.6 Å². The molecule has 0 spiro atoms. The standard InChI is InChI=1S/C20H19ClFN5O2/c1-11-9-27(10-23-11)17-7-6-16(24-20(17)28-3)19-25-18(12(2)29-26-19)13-4-5-14(21)15(22)8-13/h4-10,12,18H,1-3H3,(H,25,26). The monoisotopic (exact) mass is 415 g/mol. The Hall–Kier alpha value is -3.13. The highest BCUT2D eigenvalue weighted by Crippen LogP contribution is 2.27. The number of aromatic nitrogens is 3. The van der Waals surface area contributed by atoms with Crippen LogP contribution in [-0.2, 0) is 4.84 Å². The van der Waals surface area contributed by atoms with Crippen molar-refractivity contribution in [2.75, 3.05) is 7.11 Å². The van der Waals surface area contributed by atoms with Gasteiger partial charge in [0.25, 0.3) is 0 Å². The van der Waals surface area contributed by atoms with Crippen molar-refractivity contribution in [3.63, 3.8) is 0 Å². The maximum atomic E-state index is 13.9. The summed E-state index contributed by atoms with van der Waals surface area (Å²) in [6, 6.07) is 8.01. The van der Waals surface area contributed by atoms with Gasteiger partial charge in [-0.3, -0.25) is 0 Å². The van der Waals surface area contributed by atoms with Crippen LogP contribution in [0.2, 0.25) is 5.02 Å². The summed E-state index contributed by atoms with van der Waals surface area (Å²) >= 11 is 5.80. The summed E-state index contributed by atoms with van der Waals surface area (Å²) in [5.41, 5.74) is 2.87. The zero-order valence-corrected chi connectivity index (χ0v) is 16.8. The molecule has 0 aliphatic carbocycles. The first-order valence-electron chi connectivity index (χ1n) is 8.98. The highest BCUT2D eigenvalue weighted by Gasteiger charge is 2.28. The first-order valence-corrected chi connectivity index (χ1v) is 9.35. The van der Waals surface area contributed by atoms with Crippen LogP contribution in [0.15, 0.2) is 48.0 Å². The lowest BCUT2D eigenvalue weighted by molar-refractivity contribution is 0.0341. The minimum absolute atomic E-state index is 0.0729. The maximum absolute atomic E-state index is 13.9. The number of nitrogens with one attached hydrogen (secondary N) is 1. The van der Waals surface area contributed by atoms with Gasteiger partial charge in [-0.2, -0.15) is 0 Å². The lowest BCUT2D eigenvalue weighted by atomic mass is 10.0. The number of amidine groups is 1. The van der Waals surface area contributed by atoms with Gasteiger partial charge >= 0.3 is 0 Å². The Kier molecular flexibility index (Phi) is 5.10. The molecule has 3 heterocycles. The van der Waals surface area contributed by atoms with Gasteiger partial charge in [-0.1, -0.05) is 22.8 Å². The molecule has 1 aliphatic rings. The number of hydrogen-bond donors (Lipinski definition) is 1. The Labute approximate surface area is 172 Å². The van der Waals surface area contributed by atoms with Crippen molar-refractivity contribution in [2.24, 2.45) is 5.16 Å². The van der Waals surface area contributed by atoms with Crippen LogP contribution in [0.25, 0.3) is 5.69 Å². The summed E-state index contributed by atoms with van der Waals surface area (Å²) in [6.07, 6.45) is 3.26. The van der Waals surface area contributed by atoms with Crippen LogP contribution in [0, 0.1) is 12.7 Å². The molecule has 1 aliphatic heterocycles. The number of imidazole rings is 1. The van der Waals surface area contributed by atoms with Crippen LogP contribution in [0.3, 0.4) is 0 Å². The third-order valence-corrected chi connectivity index (χ3v) is 4.95. The Bertz CT molecular complexity index is 1080. The smallest absolute Gasteiger partial charge is 0.238 e. The molecule has 0 saturated heterocycles. The van der Waals surface area contributed by atoms with E-state index in [2.05, 4.69) is 20.4 Å². The van der Waals surface area contributed by atoms with E-state index in [1.165, 1.54) is 12.1 Å².